The number of aryl methyl sites for hydroxylation is 2. The quantitative estimate of drug-likeness (QED) is 0.683. The van der Waals surface area contributed by atoms with Crippen molar-refractivity contribution in [2.24, 2.45) is 13.0 Å². The highest BCUT2D eigenvalue weighted by Gasteiger charge is 2.35. The summed E-state index contributed by atoms with van der Waals surface area (Å²) in [5.74, 6) is 0.916. The fraction of sp³-hybridized carbons (Fsp3) is 0.409. The van der Waals surface area contributed by atoms with Crippen LogP contribution in [0.3, 0.4) is 0 Å². The van der Waals surface area contributed by atoms with Crippen LogP contribution in [0.25, 0.3) is 11.0 Å². The van der Waals surface area contributed by atoms with Gasteiger partial charge in [-0.25, -0.2) is 4.98 Å². The molecule has 1 amide bonds. The molecule has 2 aliphatic rings. The molecule has 1 unspecified atom stereocenters. The topological polar surface area (TPSA) is 59.8 Å². The fourth-order valence-corrected chi connectivity index (χ4v) is 4.15. The minimum atomic E-state index is -0.0442. The SMILES string of the molecule is Cc1nn(C)c2nc(C3CC3)cc(C(=O)NC(c3ccc(Cl)cc3)C3CC3)c12. The summed E-state index contributed by atoms with van der Waals surface area (Å²) >= 11 is 6.05. The number of carbonyl (C=O) groups excluding carboxylic acids is 1. The van der Waals surface area contributed by atoms with E-state index < -0.39 is 0 Å². The lowest BCUT2D eigenvalue weighted by atomic mass is 10.0. The van der Waals surface area contributed by atoms with E-state index in [0.29, 0.717) is 22.4 Å². The molecule has 2 fully saturated rings. The van der Waals surface area contributed by atoms with Crippen molar-refractivity contribution in [2.75, 3.05) is 0 Å². The number of amides is 1. The Morgan fingerprint density at radius 3 is 2.57 bits per heavy atom. The molecule has 6 heteroatoms. The van der Waals surface area contributed by atoms with Gasteiger partial charge in [-0.15, -0.1) is 0 Å². The third-order valence-corrected chi connectivity index (χ3v) is 6.09. The van der Waals surface area contributed by atoms with Gasteiger partial charge in [0.15, 0.2) is 5.65 Å². The van der Waals surface area contributed by atoms with Crippen molar-refractivity contribution < 1.29 is 4.79 Å². The highest BCUT2D eigenvalue weighted by atomic mass is 35.5. The largest absolute Gasteiger partial charge is 0.345 e. The monoisotopic (exact) mass is 394 g/mol. The van der Waals surface area contributed by atoms with Crippen LogP contribution in [-0.4, -0.2) is 20.7 Å². The number of halogens is 1. The first-order valence-corrected chi connectivity index (χ1v) is 10.3. The predicted octanol–water partition coefficient (Wildman–Crippen LogP) is 4.69. The molecule has 2 aliphatic carbocycles. The van der Waals surface area contributed by atoms with Crippen LogP contribution in [0.4, 0.5) is 0 Å². The van der Waals surface area contributed by atoms with Crippen molar-refractivity contribution in [1.82, 2.24) is 20.1 Å². The summed E-state index contributed by atoms with van der Waals surface area (Å²) in [6.07, 6.45) is 4.56. The van der Waals surface area contributed by atoms with Crippen LogP contribution >= 0.6 is 11.6 Å². The van der Waals surface area contributed by atoms with E-state index >= 15 is 0 Å². The Bertz CT molecular complexity index is 1060. The summed E-state index contributed by atoms with van der Waals surface area (Å²) < 4.78 is 1.78. The lowest BCUT2D eigenvalue weighted by Gasteiger charge is -2.19. The molecule has 2 heterocycles. The minimum Gasteiger partial charge on any atom is -0.345 e. The van der Waals surface area contributed by atoms with Crippen molar-refractivity contribution in [3.8, 4) is 0 Å². The van der Waals surface area contributed by atoms with Crippen LogP contribution in [0.2, 0.25) is 5.02 Å². The molecular weight excluding hydrogens is 372 g/mol. The zero-order valence-electron chi connectivity index (χ0n) is 16.1. The van der Waals surface area contributed by atoms with E-state index in [-0.39, 0.29) is 11.9 Å². The van der Waals surface area contributed by atoms with Crippen LogP contribution in [0.5, 0.6) is 0 Å². The molecule has 144 valence electrons. The molecule has 0 saturated heterocycles. The molecule has 1 N–H and O–H groups in total. The number of fused-ring (bicyclic) bond motifs is 1. The standard InChI is InChI=1S/C22H23ClN4O/c1-12-19-17(11-18(13-3-4-13)24-21(19)27(2)26-12)22(28)25-20(14-5-6-14)15-7-9-16(23)10-8-15/h7-11,13-14,20H,3-6H2,1-2H3,(H,25,28). The molecule has 2 aromatic heterocycles. The maximum atomic E-state index is 13.4. The Balaban J connectivity index is 1.53. The molecule has 2 saturated carbocycles. The highest BCUT2D eigenvalue weighted by molar-refractivity contribution is 6.30. The molecule has 3 aromatic rings. The number of carbonyl (C=O) groups is 1. The van der Waals surface area contributed by atoms with Crippen molar-refractivity contribution in [1.29, 1.82) is 0 Å². The Labute approximate surface area is 169 Å². The van der Waals surface area contributed by atoms with Gasteiger partial charge in [-0.3, -0.25) is 9.48 Å². The number of nitrogens with one attached hydrogen (secondary N) is 1. The van der Waals surface area contributed by atoms with Crippen molar-refractivity contribution in [2.45, 2.75) is 44.6 Å². The van der Waals surface area contributed by atoms with Crippen LogP contribution in [0.15, 0.2) is 30.3 Å². The third kappa shape index (κ3) is 3.18. The molecule has 1 atom stereocenters. The van der Waals surface area contributed by atoms with Gasteiger partial charge in [-0.05, 0) is 62.3 Å². The van der Waals surface area contributed by atoms with Gasteiger partial charge < -0.3 is 5.32 Å². The average Bonchev–Trinajstić information content (AvgIpc) is 3.59. The molecule has 1 aromatic carbocycles. The van der Waals surface area contributed by atoms with Crippen molar-refractivity contribution in [3.05, 3.63) is 57.9 Å². The second kappa shape index (κ2) is 6.59. The lowest BCUT2D eigenvalue weighted by molar-refractivity contribution is 0.0933. The molecule has 5 rings (SSSR count). The number of hydrogen-bond donors (Lipinski definition) is 1. The van der Waals surface area contributed by atoms with Crippen molar-refractivity contribution in [3.63, 3.8) is 0 Å². The first-order valence-electron chi connectivity index (χ1n) is 9.92. The maximum Gasteiger partial charge on any atom is 0.252 e. The van der Waals surface area contributed by atoms with E-state index in [9.17, 15) is 4.79 Å². The summed E-state index contributed by atoms with van der Waals surface area (Å²) in [6, 6.07) is 9.79. The van der Waals surface area contributed by atoms with E-state index in [1.165, 1.54) is 0 Å². The molecule has 0 bridgehead atoms. The first-order chi connectivity index (χ1) is 13.5. The second-order valence-electron chi connectivity index (χ2n) is 8.12. The molecule has 28 heavy (non-hydrogen) atoms. The lowest BCUT2D eigenvalue weighted by Crippen LogP contribution is -2.30. The van der Waals surface area contributed by atoms with E-state index in [4.69, 9.17) is 16.6 Å². The van der Waals surface area contributed by atoms with Gasteiger partial charge in [-0.1, -0.05) is 23.7 Å². The van der Waals surface area contributed by atoms with Crippen molar-refractivity contribution >= 4 is 28.5 Å². The van der Waals surface area contributed by atoms with Gasteiger partial charge in [-0.2, -0.15) is 5.10 Å². The normalized spacial score (nSPS) is 17.7. The Kier molecular flexibility index (Phi) is 4.16. The van der Waals surface area contributed by atoms with E-state index in [0.717, 1.165) is 53.7 Å². The predicted molar refractivity (Wildman–Crippen MR) is 110 cm³/mol. The maximum absolute atomic E-state index is 13.4. The van der Waals surface area contributed by atoms with Gasteiger partial charge in [0.25, 0.3) is 5.91 Å². The minimum absolute atomic E-state index is 0.00864. The number of pyridine rings is 1. The van der Waals surface area contributed by atoms with Gasteiger partial charge in [0.1, 0.15) is 0 Å². The van der Waals surface area contributed by atoms with E-state index in [2.05, 4.69) is 10.4 Å². The van der Waals surface area contributed by atoms with E-state index in [1.807, 2.05) is 44.3 Å². The van der Waals surface area contributed by atoms with Gasteiger partial charge in [0, 0.05) is 23.7 Å². The number of nitrogens with zero attached hydrogens (tertiary/aromatic N) is 3. The zero-order chi connectivity index (χ0) is 19.4. The van der Waals surface area contributed by atoms with Crippen LogP contribution < -0.4 is 5.32 Å². The van der Waals surface area contributed by atoms with Crippen LogP contribution in [0, 0.1) is 12.8 Å². The first kappa shape index (κ1) is 17.7. The fourth-order valence-electron chi connectivity index (χ4n) is 4.02. The van der Waals surface area contributed by atoms with Crippen LogP contribution in [-0.2, 0) is 7.05 Å². The summed E-state index contributed by atoms with van der Waals surface area (Å²) in [7, 11) is 1.89. The molecule has 0 spiro atoms. The number of rotatable bonds is 5. The average molecular weight is 395 g/mol. The molecule has 0 radical (unpaired) electrons. The van der Waals surface area contributed by atoms with Crippen LogP contribution in [0.1, 0.15) is 65.0 Å². The summed E-state index contributed by atoms with van der Waals surface area (Å²) in [4.78, 5) is 18.2. The highest BCUT2D eigenvalue weighted by Crippen LogP contribution is 2.42. The number of aromatic nitrogens is 3. The third-order valence-electron chi connectivity index (χ3n) is 5.84. The number of benzene rings is 1. The second-order valence-corrected chi connectivity index (χ2v) is 8.55. The summed E-state index contributed by atoms with van der Waals surface area (Å²) in [5, 5.41) is 9.37. The molecule has 5 nitrogen and oxygen atoms in total. The Hall–Kier alpha value is -2.40. The Morgan fingerprint density at radius 1 is 1.21 bits per heavy atom. The smallest absolute Gasteiger partial charge is 0.252 e. The molecule has 0 aliphatic heterocycles. The zero-order valence-corrected chi connectivity index (χ0v) is 16.8. The Morgan fingerprint density at radius 2 is 1.93 bits per heavy atom. The van der Waals surface area contributed by atoms with E-state index in [1.54, 1.807) is 4.68 Å². The van der Waals surface area contributed by atoms with Gasteiger partial charge >= 0.3 is 0 Å². The summed E-state index contributed by atoms with van der Waals surface area (Å²) in [6.45, 7) is 1.94. The molecular formula is C22H23ClN4O. The van der Waals surface area contributed by atoms with Gasteiger partial charge in [0.05, 0.1) is 22.7 Å². The number of hydrogen-bond acceptors (Lipinski definition) is 3. The van der Waals surface area contributed by atoms with Gasteiger partial charge in [0.2, 0.25) is 0 Å². The summed E-state index contributed by atoms with van der Waals surface area (Å²) in [5.41, 5.74) is 4.44.